The van der Waals surface area contributed by atoms with Crippen LogP contribution >= 0.6 is 0 Å². The molecular formula is C31H31N5O2. The third kappa shape index (κ3) is 5.32. The molecule has 1 aliphatic rings. The highest BCUT2D eigenvalue weighted by Crippen LogP contribution is 2.25. The van der Waals surface area contributed by atoms with Crippen molar-refractivity contribution in [3.63, 3.8) is 0 Å². The molecule has 3 aromatic carbocycles. The zero-order chi connectivity index (χ0) is 25.7. The molecule has 192 valence electrons. The topological polar surface area (TPSA) is 65.2 Å². The first-order valence-electron chi connectivity index (χ1n) is 13.2. The molecule has 0 aliphatic carbocycles. The molecule has 0 atom stereocenters. The Morgan fingerprint density at radius 3 is 2.45 bits per heavy atom. The number of likely N-dealkylation sites (tertiary alicyclic amines) is 1. The first kappa shape index (κ1) is 24.0. The molecule has 6 rings (SSSR count). The van der Waals surface area contributed by atoms with Gasteiger partial charge < -0.3 is 18.8 Å². The highest BCUT2D eigenvalue weighted by atomic mass is 16.5. The maximum absolute atomic E-state index is 13.2. The average Bonchev–Trinajstić information content (AvgIpc) is 3.61. The van der Waals surface area contributed by atoms with Crippen LogP contribution in [-0.2, 0) is 19.7 Å². The number of hydrogen-bond acceptors (Lipinski definition) is 4. The van der Waals surface area contributed by atoms with E-state index >= 15 is 0 Å². The van der Waals surface area contributed by atoms with E-state index in [2.05, 4.69) is 27.8 Å². The van der Waals surface area contributed by atoms with Gasteiger partial charge in [0.05, 0.1) is 17.4 Å². The largest absolute Gasteiger partial charge is 0.486 e. The summed E-state index contributed by atoms with van der Waals surface area (Å²) in [4.78, 5) is 24.1. The van der Waals surface area contributed by atoms with Gasteiger partial charge in [-0.25, -0.2) is 9.97 Å². The molecular weight excluding hydrogens is 474 g/mol. The molecule has 1 fully saturated rings. The molecule has 1 amide bonds. The van der Waals surface area contributed by atoms with Gasteiger partial charge >= 0.3 is 0 Å². The van der Waals surface area contributed by atoms with Gasteiger partial charge in [-0.1, -0.05) is 42.5 Å². The number of benzene rings is 3. The molecule has 0 saturated carbocycles. The first-order chi connectivity index (χ1) is 18.7. The number of nitrogens with zero attached hydrogens (tertiary/aromatic N) is 5. The third-order valence-electron chi connectivity index (χ3n) is 7.31. The molecule has 0 bridgehead atoms. The third-order valence-corrected chi connectivity index (χ3v) is 7.31. The number of imidazole rings is 2. The Morgan fingerprint density at radius 1 is 0.921 bits per heavy atom. The summed E-state index contributed by atoms with van der Waals surface area (Å²) in [7, 11) is 0. The maximum Gasteiger partial charge on any atom is 0.253 e. The van der Waals surface area contributed by atoms with Crippen LogP contribution in [0.4, 0.5) is 0 Å². The predicted molar refractivity (Wildman–Crippen MR) is 147 cm³/mol. The van der Waals surface area contributed by atoms with Crippen molar-refractivity contribution in [2.75, 3.05) is 13.1 Å². The van der Waals surface area contributed by atoms with Gasteiger partial charge in [-0.05, 0) is 60.7 Å². The van der Waals surface area contributed by atoms with Gasteiger partial charge in [0.1, 0.15) is 18.2 Å². The molecule has 1 aliphatic heterocycles. The Labute approximate surface area is 222 Å². The first-order valence-corrected chi connectivity index (χ1v) is 13.2. The van der Waals surface area contributed by atoms with Crippen molar-refractivity contribution < 1.29 is 9.53 Å². The normalized spacial score (nSPS) is 14.2. The quantitative estimate of drug-likeness (QED) is 0.283. The zero-order valence-corrected chi connectivity index (χ0v) is 21.3. The summed E-state index contributed by atoms with van der Waals surface area (Å²) in [5, 5.41) is 0. The Morgan fingerprint density at radius 2 is 1.68 bits per heavy atom. The number of para-hydroxylation sites is 3. The van der Waals surface area contributed by atoms with Gasteiger partial charge in [0.15, 0.2) is 0 Å². The monoisotopic (exact) mass is 505 g/mol. The van der Waals surface area contributed by atoms with Crippen molar-refractivity contribution in [1.29, 1.82) is 0 Å². The average molecular weight is 506 g/mol. The van der Waals surface area contributed by atoms with Crippen LogP contribution in [0.25, 0.3) is 11.0 Å². The van der Waals surface area contributed by atoms with E-state index in [1.54, 1.807) is 12.5 Å². The summed E-state index contributed by atoms with van der Waals surface area (Å²) in [5.74, 6) is 2.37. The Hall–Kier alpha value is -4.39. The minimum Gasteiger partial charge on any atom is -0.486 e. The minimum atomic E-state index is 0.114. The van der Waals surface area contributed by atoms with Crippen LogP contribution in [0.2, 0.25) is 0 Å². The van der Waals surface area contributed by atoms with Gasteiger partial charge in [0, 0.05) is 44.1 Å². The zero-order valence-electron chi connectivity index (χ0n) is 21.3. The minimum absolute atomic E-state index is 0.114. The van der Waals surface area contributed by atoms with Gasteiger partial charge in [-0.15, -0.1) is 0 Å². The van der Waals surface area contributed by atoms with E-state index in [9.17, 15) is 4.79 Å². The number of hydrogen-bond donors (Lipinski definition) is 0. The van der Waals surface area contributed by atoms with Crippen molar-refractivity contribution >= 4 is 16.9 Å². The Balaban J connectivity index is 1.09. The SMILES string of the molecule is O=C(c1ccc(Cn2ccnc2)cc1)N1CCC(Cn2c(COc3ccccc3)nc3ccccc32)CC1. The summed E-state index contributed by atoms with van der Waals surface area (Å²) in [6.07, 6.45) is 7.45. The van der Waals surface area contributed by atoms with Crippen molar-refractivity contribution in [3.8, 4) is 5.75 Å². The van der Waals surface area contributed by atoms with Gasteiger partial charge in [0.25, 0.3) is 5.91 Å². The van der Waals surface area contributed by atoms with Crippen LogP contribution in [0.3, 0.4) is 0 Å². The van der Waals surface area contributed by atoms with Crippen LogP contribution in [-0.4, -0.2) is 43.0 Å². The number of aromatic nitrogens is 4. The van der Waals surface area contributed by atoms with E-state index in [0.29, 0.717) is 12.5 Å². The Bertz CT molecular complexity index is 1480. The number of piperidine rings is 1. The second-order valence-corrected chi connectivity index (χ2v) is 9.90. The number of fused-ring (bicyclic) bond motifs is 1. The lowest BCUT2D eigenvalue weighted by Gasteiger charge is -2.32. The van der Waals surface area contributed by atoms with Crippen LogP contribution in [0.5, 0.6) is 5.75 Å². The van der Waals surface area contributed by atoms with E-state index in [4.69, 9.17) is 9.72 Å². The molecule has 38 heavy (non-hydrogen) atoms. The Kier molecular flexibility index (Phi) is 6.89. The molecule has 0 spiro atoms. The number of carbonyl (C=O) groups is 1. The van der Waals surface area contributed by atoms with Gasteiger partial charge in [0.2, 0.25) is 0 Å². The van der Waals surface area contributed by atoms with Crippen molar-refractivity contribution in [3.05, 3.63) is 115 Å². The van der Waals surface area contributed by atoms with Gasteiger partial charge in [-0.2, -0.15) is 0 Å². The molecule has 3 heterocycles. The van der Waals surface area contributed by atoms with Crippen molar-refractivity contribution in [2.24, 2.45) is 5.92 Å². The molecule has 0 radical (unpaired) electrons. The lowest BCUT2D eigenvalue weighted by atomic mass is 9.96. The summed E-state index contributed by atoms with van der Waals surface area (Å²) in [6.45, 7) is 3.58. The molecule has 0 N–H and O–H groups in total. The summed E-state index contributed by atoms with van der Waals surface area (Å²) in [5.41, 5.74) is 4.02. The molecule has 2 aromatic heterocycles. The molecule has 1 saturated heterocycles. The highest BCUT2D eigenvalue weighted by Gasteiger charge is 2.25. The van der Waals surface area contributed by atoms with Crippen molar-refractivity contribution in [2.45, 2.75) is 32.5 Å². The highest BCUT2D eigenvalue weighted by molar-refractivity contribution is 5.94. The van der Waals surface area contributed by atoms with E-state index in [1.165, 1.54) is 0 Å². The van der Waals surface area contributed by atoms with Crippen LogP contribution in [0, 0.1) is 5.92 Å². The lowest BCUT2D eigenvalue weighted by molar-refractivity contribution is 0.0682. The summed E-state index contributed by atoms with van der Waals surface area (Å²) >= 11 is 0. The number of rotatable bonds is 8. The molecule has 7 heteroatoms. The number of carbonyl (C=O) groups excluding carboxylic acids is 1. The van der Waals surface area contributed by atoms with E-state index in [0.717, 1.165) is 72.8 Å². The summed E-state index contributed by atoms with van der Waals surface area (Å²) < 4.78 is 10.4. The lowest BCUT2D eigenvalue weighted by Crippen LogP contribution is -2.39. The molecule has 0 unspecified atom stereocenters. The maximum atomic E-state index is 13.2. The predicted octanol–water partition coefficient (Wildman–Crippen LogP) is 5.41. The van der Waals surface area contributed by atoms with Gasteiger partial charge in [-0.3, -0.25) is 4.79 Å². The fourth-order valence-corrected chi connectivity index (χ4v) is 5.21. The second kappa shape index (κ2) is 10.9. The van der Waals surface area contributed by atoms with Crippen molar-refractivity contribution in [1.82, 2.24) is 24.0 Å². The van der Waals surface area contributed by atoms with E-state index in [-0.39, 0.29) is 5.91 Å². The standard InChI is InChI=1S/C31H31N5O2/c37-31(26-12-10-24(11-13-26)20-34-19-16-32-23-34)35-17-14-25(15-18-35)21-36-29-9-5-4-8-28(29)33-30(36)22-38-27-6-2-1-3-7-27/h1-13,16,19,23,25H,14-15,17-18,20-22H2. The molecule has 5 aromatic rings. The fourth-order valence-electron chi connectivity index (χ4n) is 5.21. The number of amides is 1. The second-order valence-electron chi connectivity index (χ2n) is 9.90. The van der Waals surface area contributed by atoms with E-state index < -0.39 is 0 Å². The summed E-state index contributed by atoms with van der Waals surface area (Å²) in [6, 6.07) is 26.1. The smallest absolute Gasteiger partial charge is 0.253 e. The molecule has 7 nitrogen and oxygen atoms in total. The van der Waals surface area contributed by atoms with Crippen LogP contribution < -0.4 is 4.74 Å². The number of ether oxygens (including phenoxy) is 1. The van der Waals surface area contributed by atoms with Crippen LogP contribution in [0.1, 0.15) is 34.6 Å². The van der Waals surface area contributed by atoms with E-state index in [1.807, 2.05) is 76.3 Å². The van der Waals surface area contributed by atoms with Crippen LogP contribution in [0.15, 0.2) is 97.6 Å². The fraction of sp³-hybridized carbons (Fsp3) is 0.258.